The minimum Gasteiger partial charge on any atom is -0.491 e. The Morgan fingerprint density at radius 1 is 1.10 bits per heavy atom. The first-order chi connectivity index (χ1) is 19.8. The van der Waals surface area contributed by atoms with Crippen LogP contribution in [0.2, 0.25) is 0 Å². The molecule has 41 heavy (non-hydrogen) atoms. The van der Waals surface area contributed by atoms with E-state index in [1.807, 2.05) is 48.7 Å². The van der Waals surface area contributed by atoms with Gasteiger partial charge in [0.15, 0.2) is 11.4 Å². The van der Waals surface area contributed by atoms with Crippen LogP contribution in [-0.4, -0.2) is 56.4 Å². The minimum atomic E-state index is -1.80. The molecule has 2 aromatic carbocycles. The van der Waals surface area contributed by atoms with Crippen LogP contribution in [0.5, 0.6) is 5.75 Å². The summed E-state index contributed by atoms with van der Waals surface area (Å²) < 4.78 is 8.30. The molecule has 0 spiro atoms. The van der Waals surface area contributed by atoms with Gasteiger partial charge in [0, 0.05) is 43.2 Å². The van der Waals surface area contributed by atoms with Crippen LogP contribution in [0.4, 0.5) is 5.69 Å². The third-order valence-electron chi connectivity index (χ3n) is 7.70. The summed E-state index contributed by atoms with van der Waals surface area (Å²) in [6, 6.07) is 18.1. The molecule has 1 aliphatic heterocycles. The number of carbonyl (C=O) groups excluding carboxylic acids is 1. The van der Waals surface area contributed by atoms with Crippen LogP contribution in [0.15, 0.2) is 90.0 Å². The highest BCUT2D eigenvalue weighted by molar-refractivity contribution is 6.07. The number of aromatic nitrogens is 4. The Labute approximate surface area is 237 Å². The summed E-state index contributed by atoms with van der Waals surface area (Å²) in [5.41, 5.74) is 1.06. The van der Waals surface area contributed by atoms with Crippen LogP contribution in [0.3, 0.4) is 0 Å². The number of carbonyl (C=O) groups is 1. The number of ether oxygens (including phenoxy) is 1. The normalized spacial score (nSPS) is 18.1. The number of pyridine rings is 1. The van der Waals surface area contributed by atoms with Gasteiger partial charge in [-0.15, -0.1) is 5.10 Å². The molecule has 0 aliphatic carbocycles. The van der Waals surface area contributed by atoms with Crippen molar-refractivity contribution in [2.45, 2.75) is 31.4 Å². The Balaban J connectivity index is 1.32. The van der Waals surface area contributed by atoms with Gasteiger partial charge in [0.25, 0.3) is 11.5 Å². The maximum absolute atomic E-state index is 13.3. The predicted molar refractivity (Wildman–Crippen MR) is 154 cm³/mol. The van der Waals surface area contributed by atoms with Gasteiger partial charge >= 0.3 is 0 Å². The smallest absolute Gasteiger partial charge is 0.297 e. The molecule has 10 nitrogen and oxygen atoms in total. The summed E-state index contributed by atoms with van der Waals surface area (Å²) in [5, 5.41) is 30.2. The largest absolute Gasteiger partial charge is 0.491 e. The van der Waals surface area contributed by atoms with Gasteiger partial charge < -0.3 is 19.8 Å². The first kappa shape index (κ1) is 28.0. The van der Waals surface area contributed by atoms with Gasteiger partial charge in [0.1, 0.15) is 0 Å². The van der Waals surface area contributed by atoms with E-state index in [0.29, 0.717) is 35.6 Å². The highest BCUT2D eigenvalue weighted by Crippen LogP contribution is 2.45. The van der Waals surface area contributed by atoms with Gasteiger partial charge in [-0.25, -0.2) is 0 Å². The first-order valence-corrected chi connectivity index (χ1v) is 13.4. The topological polar surface area (TPSA) is 123 Å². The molecule has 0 fully saturated rings. The van der Waals surface area contributed by atoms with Crippen LogP contribution >= 0.6 is 0 Å². The van der Waals surface area contributed by atoms with Gasteiger partial charge in [-0.1, -0.05) is 54.6 Å². The average Bonchev–Trinajstić information content (AvgIpc) is 3.54. The second-order valence-electron chi connectivity index (χ2n) is 10.1. The van der Waals surface area contributed by atoms with Crippen LogP contribution in [-0.2, 0) is 16.9 Å². The van der Waals surface area contributed by atoms with E-state index in [1.54, 1.807) is 55.2 Å². The van der Waals surface area contributed by atoms with Crippen molar-refractivity contribution >= 4 is 11.6 Å². The highest BCUT2D eigenvalue weighted by Gasteiger charge is 2.51. The van der Waals surface area contributed by atoms with E-state index in [-0.39, 0.29) is 23.8 Å². The molecule has 4 aromatic rings. The number of aliphatic hydroxyl groups is 2. The van der Waals surface area contributed by atoms with Gasteiger partial charge in [0.05, 0.1) is 31.0 Å². The van der Waals surface area contributed by atoms with E-state index in [9.17, 15) is 19.8 Å². The Morgan fingerprint density at radius 2 is 1.88 bits per heavy atom. The quantitative estimate of drug-likeness (QED) is 0.289. The number of aryl methyl sites for hydroxylation is 1. The van der Waals surface area contributed by atoms with Crippen molar-refractivity contribution in [3.63, 3.8) is 0 Å². The first-order valence-electron chi connectivity index (χ1n) is 13.4. The van der Waals surface area contributed by atoms with Gasteiger partial charge in [-0.2, -0.15) is 0 Å². The molecular formula is C31H33N5O5. The molecular weight excluding hydrogens is 522 g/mol. The molecule has 10 heteroatoms. The van der Waals surface area contributed by atoms with Gasteiger partial charge in [-0.3, -0.25) is 18.8 Å². The van der Waals surface area contributed by atoms with Crippen LogP contribution in [0.25, 0.3) is 5.69 Å². The third kappa shape index (κ3) is 5.07. The summed E-state index contributed by atoms with van der Waals surface area (Å²) in [6.45, 7) is 2.26. The lowest BCUT2D eigenvalue weighted by Gasteiger charge is -2.27. The van der Waals surface area contributed by atoms with Crippen molar-refractivity contribution in [3.05, 3.63) is 112 Å². The molecule has 1 amide bonds. The summed E-state index contributed by atoms with van der Waals surface area (Å²) in [4.78, 5) is 27.6. The number of allylic oxidation sites excluding steroid dienone is 1. The van der Waals surface area contributed by atoms with E-state index in [1.165, 1.54) is 16.6 Å². The fraction of sp³-hybridized carbons (Fsp3) is 0.290. The fourth-order valence-electron chi connectivity index (χ4n) is 5.31. The molecule has 0 saturated heterocycles. The lowest BCUT2D eigenvalue weighted by Crippen LogP contribution is -2.43. The van der Waals surface area contributed by atoms with Crippen molar-refractivity contribution in [3.8, 4) is 11.4 Å². The van der Waals surface area contributed by atoms with Gasteiger partial charge in [0.2, 0.25) is 0 Å². The SMILES string of the molecule is COc1cccn(-c2ccc3c(c2)[C@@](O)([C@H](C)/C=C/CCn2cc(C(CO)c4ccccc4)nn2)C(=O)N3C)c1=O. The Kier molecular flexibility index (Phi) is 7.87. The number of amides is 1. The fourth-order valence-corrected chi connectivity index (χ4v) is 5.31. The second kappa shape index (κ2) is 11.5. The number of likely N-dealkylation sites (N-methyl/N-ethyl adjacent to an activating group) is 1. The molecule has 0 radical (unpaired) electrons. The molecule has 1 unspecified atom stereocenters. The lowest BCUT2D eigenvalue weighted by atomic mass is 9.82. The van der Waals surface area contributed by atoms with E-state index >= 15 is 0 Å². The third-order valence-corrected chi connectivity index (χ3v) is 7.70. The molecule has 0 bridgehead atoms. The standard InChI is InChI=1S/C31H33N5O5/c1-21(10-7-8-16-35-19-26(32-33-35)24(20-37)22-11-5-4-6-12-22)31(40)25-18-23(14-15-27(25)34(2)30(31)39)36-17-9-13-28(41-3)29(36)38/h4-7,9-15,17-19,21,24,37,40H,8,16,20H2,1-3H3/b10-7+/t21-,24?,31+/m1/s1. The summed E-state index contributed by atoms with van der Waals surface area (Å²) >= 11 is 0. The van der Waals surface area contributed by atoms with E-state index in [2.05, 4.69) is 10.3 Å². The van der Waals surface area contributed by atoms with Crippen LogP contribution in [0, 0.1) is 5.92 Å². The molecule has 3 atom stereocenters. The number of aliphatic hydroxyl groups excluding tert-OH is 1. The Hall–Kier alpha value is -4.54. The van der Waals surface area contributed by atoms with Crippen LogP contribution < -0.4 is 15.2 Å². The average molecular weight is 556 g/mol. The number of hydrogen-bond donors (Lipinski definition) is 2. The number of rotatable bonds is 10. The maximum Gasteiger partial charge on any atom is 0.297 e. The molecule has 0 saturated carbocycles. The molecule has 2 N–H and O–H groups in total. The molecule has 5 rings (SSSR count). The van der Waals surface area contributed by atoms with Crippen molar-refractivity contribution in [1.29, 1.82) is 0 Å². The second-order valence-corrected chi connectivity index (χ2v) is 10.1. The zero-order valence-corrected chi connectivity index (χ0v) is 23.2. The number of hydrogen-bond acceptors (Lipinski definition) is 7. The van der Waals surface area contributed by atoms with Crippen molar-refractivity contribution in [1.82, 2.24) is 19.6 Å². The van der Waals surface area contributed by atoms with E-state index < -0.39 is 17.4 Å². The monoisotopic (exact) mass is 555 g/mol. The Morgan fingerprint density at radius 3 is 2.61 bits per heavy atom. The number of fused-ring (bicyclic) bond motifs is 1. The molecule has 2 aromatic heterocycles. The van der Waals surface area contributed by atoms with Crippen molar-refractivity contribution < 1.29 is 19.7 Å². The van der Waals surface area contributed by atoms with E-state index in [4.69, 9.17) is 4.74 Å². The zero-order valence-electron chi connectivity index (χ0n) is 23.2. The zero-order chi connectivity index (χ0) is 29.1. The predicted octanol–water partition coefficient (Wildman–Crippen LogP) is 3.01. The van der Waals surface area contributed by atoms with Crippen molar-refractivity contribution in [2.24, 2.45) is 5.92 Å². The number of anilines is 1. The molecule has 1 aliphatic rings. The number of nitrogens with zero attached hydrogens (tertiary/aromatic N) is 5. The van der Waals surface area contributed by atoms with Crippen LogP contribution in [0.1, 0.15) is 36.1 Å². The summed E-state index contributed by atoms with van der Waals surface area (Å²) in [5.74, 6) is -1.05. The van der Waals surface area contributed by atoms with E-state index in [0.717, 1.165) is 5.56 Å². The highest BCUT2D eigenvalue weighted by atomic mass is 16.5. The number of benzene rings is 2. The summed E-state index contributed by atoms with van der Waals surface area (Å²) in [6.07, 6.45) is 7.77. The molecule has 212 valence electrons. The van der Waals surface area contributed by atoms with Gasteiger partial charge in [-0.05, 0) is 42.3 Å². The summed E-state index contributed by atoms with van der Waals surface area (Å²) in [7, 11) is 3.06. The number of methoxy groups -OCH3 is 1. The van der Waals surface area contributed by atoms with Crippen molar-refractivity contribution in [2.75, 3.05) is 25.7 Å². The molecule has 3 heterocycles. The lowest BCUT2D eigenvalue weighted by molar-refractivity contribution is -0.139. The Bertz CT molecular complexity index is 1630. The maximum atomic E-state index is 13.3. The minimum absolute atomic E-state index is 0.0726.